The number of aryl methyl sites for hydroxylation is 1. The number of hydrogen-bond acceptors (Lipinski definition) is 4. The molecule has 0 aliphatic heterocycles. The molecular formula is C17H29IN6S. The molecule has 25 heavy (non-hydrogen) atoms. The Morgan fingerprint density at radius 3 is 2.88 bits per heavy atom. The van der Waals surface area contributed by atoms with Crippen LogP contribution < -0.4 is 10.6 Å². The van der Waals surface area contributed by atoms with Crippen LogP contribution in [0.1, 0.15) is 31.5 Å². The van der Waals surface area contributed by atoms with Crippen LogP contribution in [-0.4, -0.2) is 40.4 Å². The number of rotatable bonds is 9. The molecule has 0 aliphatic rings. The predicted octanol–water partition coefficient (Wildman–Crippen LogP) is 2.95. The van der Waals surface area contributed by atoms with Gasteiger partial charge < -0.3 is 15.2 Å². The second-order valence-electron chi connectivity index (χ2n) is 5.83. The molecule has 0 saturated carbocycles. The van der Waals surface area contributed by atoms with E-state index in [4.69, 9.17) is 4.99 Å². The summed E-state index contributed by atoms with van der Waals surface area (Å²) in [6.07, 6.45) is 3.77. The number of aromatic nitrogens is 3. The van der Waals surface area contributed by atoms with Crippen LogP contribution in [-0.2, 0) is 19.4 Å². The monoisotopic (exact) mass is 476 g/mol. The van der Waals surface area contributed by atoms with Crippen molar-refractivity contribution in [3.8, 4) is 0 Å². The Hall–Kier alpha value is -1.16. The molecule has 0 amide bonds. The first kappa shape index (κ1) is 21.9. The molecule has 140 valence electrons. The normalized spacial score (nSPS) is 12.5. The fourth-order valence-corrected chi connectivity index (χ4v) is 3.33. The lowest BCUT2D eigenvalue weighted by molar-refractivity contribution is 0.590. The van der Waals surface area contributed by atoms with Crippen LogP contribution >= 0.6 is 35.3 Å². The van der Waals surface area contributed by atoms with E-state index < -0.39 is 0 Å². The zero-order valence-electron chi connectivity index (χ0n) is 15.2. The molecule has 6 nitrogen and oxygen atoms in total. The largest absolute Gasteiger partial charge is 0.357 e. The zero-order valence-corrected chi connectivity index (χ0v) is 18.4. The van der Waals surface area contributed by atoms with E-state index in [0.29, 0.717) is 5.92 Å². The van der Waals surface area contributed by atoms with Crippen LogP contribution in [0.25, 0.3) is 0 Å². The van der Waals surface area contributed by atoms with E-state index in [1.165, 1.54) is 4.88 Å². The Morgan fingerprint density at radius 1 is 1.36 bits per heavy atom. The van der Waals surface area contributed by atoms with Crippen molar-refractivity contribution in [1.82, 2.24) is 25.4 Å². The Morgan fingerprint density at radius 2 is 2.20 bits per heavy atom. The number of aliphatic imine (C=N–C) groups is 1. The quantitative estimate of drug-likeness (QED) is 0.332. The third kappa shape index (κ3) is 7.72. The molecule has 0 radical (unpaired) electrons. The first-order chi connectivity index (χ1) is 11.7. The van der Waals surface area contributed by atoms with E-state index in [-0.39, 0.29) is 24.0 Å². The molecule has 0 fully saturated rings. The van der Waals surface area contributed by atoms with Crippen LogP contribution in [0.3, 0.4) is 0 Å². The second kappa shape index (κ2) is 12.2. The summed E-state index contributed by atoms with van der Waals surface area (Å²) in [7, 11) is 0. The van der Waals surface area contributed by atoms with Gasteiger partial charge in [-0.2, -0.15) is 0 Å². The Balaban J connectivity index is 0.00000312. The molecule has 0 aromatic carbocycles. The van der Waals surface area contributed by atoms with Gasteiger partial charge in [-0.15, -0.1) is 45.5 Å². The first-order valence-electron chi connectivity index (χ1n) is 8.64. The summed E-state index contributed by atoms with van der Waals surface area (Å²) in [5, 5.41) is 16.9. The van der Waals surface area contributed by atoms with Gasteiger partial charge in [-0.25, -0.2) is 0 Å². The van der Waals surface area contributed by atoms with E-state index in [0.717, 1.165) is 50.8 Å². The molecule has 0 saturated heterocycles. The van der Waals surface area contributed by atoms with Gasteiger partial charge in [-0.1, -0.05) is 19.9 Å². The standard InChI is InChI=1S/C17H28N6S.HI/c1-4-16-22-21-13-23(16)9-8-19-17(18-5-2)20-12-14(3)11-15-7-6-10-24-15;/h6-7,10,13-14H,4-5,8-9,11-12H2,1-3H3,(H2,18,19,20);1H. The molecule has 8 heteroatoms. The molecule has 2 aromatic rings. The van der Waals surface area contributed by atoms with Crippen LogP contribution in [0.2, 0.25) is 0 Å². The minimum absolute atomic E-state index is 0. The van der Waals surface area contributed by atoms with Crippen molar-refractivity contribution in [2.75, 3.05) is 19.6 Å². The summed E-state index contributed by atoms with van der Waals surface area (Å²) in [4.78, 5) is 6.14. The van der Waals surface area contributed by atoms with E-state index in [1.807, 2.05) is 11.3 Å². The molecule has 1 atom stereocenters. The average Bonchev–Trinajstić information content (AvgIpc) is 3.24. The van der Waals surface area contributed by atoms with Gasteiger partial charge in [-0.3, -0.25) is 4.99 Å². The Labute approximate surface area is 171 Å². The highest BCUT2D eigenvalue weighted by atomic mass is 127. The third-order valence-corrected chi connectivity index (χ3v) is 4.59. The molecule has 0 spiro atoms. The predicted molar refractivity (Wildman–Crippen MR) is 116 cm³/mol. The fourth-order valence-electron chi connectivity index (χ4n) is 2.46. The molecule has 2 N–H and O–H groups in total. The van der Waals surface area contributed by atoms with Crippen LogP contribution in [0.5, 0.6) is 0 Å². The molecule has 0 bridgehead atoms. The van der Waals surface area contributed by atoms with Crippen LogP contribution in [0, 0.1) is 5.92 Å². The van der Waals surface area contributed by atoms with Crippen molar-refractivity contribution in [2.45, 2.75) is 40.2 Å². The fraction of sp³-hybridized carbons (Fsp3) is 0.588. The molecule has 2 rings (SSSR count). The third-order valence-electron chi connectivity index (χ3n) is 3.69. The number of hydrogen-bond donors (Lipinski definition) is 2. The van der Waals surface area contributed by atoms with Gasteiger partial charge >= 0.3 is 0 Å². The maximum Gasteiger partial charge on any atom is 0.191 e. The van der Waals surface area contributed by atoms with Gasteiger partial charge in [0.1, 0.15) is 12.2 Å². The van der Waals surface area contributed by atoms with Gasteiger partial charge in [0.2, 0.25) is 0 Å². The molecule has 1 unspecified atom stereocenters. The summed E-state index contributed by atoms with van der Waals surface area (Å²) in [6, 6.07) is 4.30. The highest BCUT2D eigenvalue weighted by Crippen LogP contribution is 2.14. The summed E-state index contributed by atoms with van der Waals surface area (Å²) in [5.41, 5.74) is 0. The topological polar surface area (TPSA) is 67.1 Å². The molecular weight excluding hydrogens is 447 g/mol. The number of nitrogens with one attached hydrogen (secondary N) is 2. The average molecular weight is 476 g/mol. The maximum absolute atomic E-state index is 4.71. The van der Waals surface area contributed by atoms with Crippen molar-refractivity contribution in [1.29, 1.82) is 0 Å². The van der Waals surface area contributed by atoms with Gasteiger partial charge in [0.25, 0.3) is 0 Å². The summed E-state index contributed by atoms with van der Waals surface area (Å²) < 4.78 is 2.08. The van der Waals surface area contributed by atoms with Crippen molar-refractivity contribution >= 4 is 41.3 Å². The maximum atomic E-state index is 4.71. The van der Waals surface area contributed by atoms with E-state index in [2.05, 4.69) is 63.7 Å². The van der Waals surface area contributed by atoms with E-state index in [9.17, 15) is 0 Å². The van der Waals surface area contributed by atoms with Crippen molar-refractivity contribution in [3.05, 3.63) is 34.5 Å². The number of halogens is 1. The Kier molecular flexibility index (Phi) is 10.7. The summed E-state index contributed by atoms with van der Waals surface area (Å²) in [5.74, 6) is 2.42. The lowest BCUT2D eigenvalue weighted by Gasteiger charge is -2.14. The number of nitrogens with zero attached hydrogens (tertiary/aromatic N) is 4. The van der Waals surface area contributed by atoms with Gasteiger partial charge in [0.15, 0.2) is 5.96 Å². The van der Waals surface area contributed by atoms with E-state index in [1.54, 1.807) is 6.33 Å². The Bertz CT molecular complexity index is 610. The lowest BCUT2D eigenvalue weighted by atomic mass is 10.1. The first-order valence-corrected chi connectivity index (χ1v) is 9.52. The van der Waals surface area contributed by atoms with Crippen molar-refractivity contribution in [2.24, 2.45) is 10.9 Å². The van der Waals surface area contributed by atoms with Gasteiger partial charge in [0, 0.05) is 37.5 Å². The molecule has 2 heterocycles. The minimum atomic E-state index is 0. The van der Waals surface area contributed by atoms with Crippen molar-refractivity contribution < 1.29 is 0 Å². The smallest absolute Gasteiger partial charge is 0.191 e. The van der Waals surface area contributed by atoms with Crippen molar-refractivity contribution in [3.63, 3.8) is 0 Å². The second-order valence-corrected chi connectivity index (χ2v) is 6.86. The summed E-state index contributed by atoms with van der Waals surface area (Å²) in [6.45, 7) is 9.74. The van der Waals surface area contributed by atoms with Gasteiger partial charge in [0.05, 0.1) is 0 Å². The highest BCUT2D eigenvalue weighted by molar-refractivity contribution is 14.0. The minimum Gasteiger partial charge on any atom is -0.357 e. The molecule has 0 aliphatic carbocycles. The lowest BCUT2D eigenvalue weighted by Crippen LogP contribution is -2.39. The number of guanidine groups is 1. The summed E-state index contributed by atoms with van der Waals surface area (Å²) >= 11 is 1.82. The zero-order chi connectivity index (χ0) is 17.2. The highest BCUT2D eigenvalue weighted by Gasteiger charge is 2.06. The van der Waals surface area contributed by atoms with E-state index >= 15 is 0 Å². The molecule has 2 aromatic heterocycles. The SMILES string of the molecule is CCNC(=NCC(C)Cc1cccs1)NCCn1cnnc1CC.I. The van der Waals surface area contributed by atoms with Gasteiger partial charge in [-0.05, 0) is 30.7 Å². The van der Waals surface area contributed by atoms with Crippen LogP contribution in [0.4, 0.5) is 0 Å². The number of thiophene rings is 1. The van der Waals surface area contributed by atoms with Crippen LogP contribution in [0.15, 0.2) is 28.8 Å².